The van der Waals surface area contributed by atoms with Gasteiger partial charge >= 0.3 is 5.97 Å². The van der Waals surface area contributed by atoms with Gasteiger partial charge in [-0.2, -0.15) is 0 Å². The van der Waals surface area contributed by atoms with Crippen molar-refractivity contribution in [3.63, 3.8) is 0 Å². The molecule has 32 heavy (non-hydrogen) atoms. The molecule has 3 aromatic rings. The molecule has 0 N–H and O–H groups in total. The van der Waals surface area contributed by atoms with Crippen LogP contribution in [-0.2, 0) is 8.98 Å². The first-order valence-corrected chi connectivity index (χ1v) is 17.0. The summed E-state index contributed by atoms with van der Waals surface area (Å²) in [6.07, 6.45) is 0. The molecule has 0 aliphatic rings. The Balaban J connectivity index is 2.67. The van der Waals surface area contributed by atoms with Gasteiger partial charge in [0.05, 0.1) is 14.7 Å². The van der Waals surface area contributed by atoms with Gasteiger partial charge in [0.15, 0.2) is 0 Å². The Morgan fingerprint density at radius 3 is 0.969 bits per heavy atom. The average molecular weight is 1030 g/mol. The van der Waals surface area contributed by atoms with Gasteiger partial charge in [-0.15, -0.1) is 0 Å². The highest BCUT2D eigenvalue weighted by atomic mass is 79.9. The molecule has 0 saturated heterocycles. The summed E-state index contributed by atoms with van der Waals surface area (Å²) in [6.45, 7) is 1.42. The molecule has 12 heteroatoms. The van der Waals surface area contributed by atoms with Crippen molar-refractivity contribution in [1.29, 1.82) is 0 Å². The van der Waals surface area contributed by atoms with Crippen LogP contribution < -0.4 is 0 Å². The van der Waals surface area contributed by atoms with E-state index in [0.717, 1.165) is 54.9 Å². The summed E-state index contributed by atoms with van der Waals surface area (Å²) in [6, 6.07) is 11.6. The minimum atomic E-state index is -2.66. The molecule has 0 spiro atoms. The largest absolute Gasteiger partial charge is 0.402 e. The van der Waals surface area contributed by atoms with Gasteiger partial charge in [0, 0.05) is 57.5 Å². The van der Waals surface area contributed by atoms with Crippen molar-refractivity contribution in [2.45, 2.75) is 21.6 Å². The van der Waals surface area contributed by atoms with Gasteiger partial charge in [-0.3, -0.25) is 4.79 Å². The van der Waals surface area contributed by atoms with E-state index in [9.17, 15) is 4.79 Å². The Kier molecular flexibility index (Phi) is 10.2. The van der Waals surface area contributed by atoms with Gasteiger partial charge in [0.2, 0.25) is 0 Å². The van der Waals surface area contributed by atoms with Crippen LogP contribution >= 0.6 is 154 Å². The molecule has 0 unspecified atom stereocenters. The molecule has 0 aliphatic heterocycles. The fraction of sp³-hybridized carbons (Fsp3) is 0.0500. The fourth-order valence-electron chi connectivity index (χ4n) is 3.02. The summed E-state index contributed by atoms with van der Waals surface area (Å²) < 4.78 is 13.7. The average Bonchev–Trinajstić information content (AvgIpc) is 2.57. The lowest BCUT2D eigenvalue weighted by Crippen LogP contribution is -2.15. The van der Waals surface area contributed by atoms with Crippen LogP contribution in [0.15, 0.2) is 91.3 Å². The molecule has 0 aromatic heterocycles. The maximum atomic E-state index is 12.7. The summed E-state index contributed by atoms with van der Waals surface area (Å²) in [4.78, 5) is 15.1. The predicted octanol–water partition coefficient (Wildman–Crippen LogP) is 12.3. The quantitative estimate of drug-likeness (QED) is 0.260. The third-order valence-corrected chi connectivity index (χ3v) is 14.2. The number of rotatable bonds is 4. The van der Waals surface area contributed by atoms with Crippen molar-refractivity contribution < 1.29 is 8.98 Å². The molecule has 0 fully saturated rings. The highest BCUT2D eigenvalue weighted by Crippen LogP contribution is 2.77. The molecule has 3 aromatic carbocycles. The minimum absolute atomic E-state index is 0.412. The summed E-state index contributed by atoms with van der Waals surface area (Å²) in [5.74, 6) is -0.412. The molecule has 0 amide bonds. The SMILES string of the molecule is CC(=O)OS(c1c(Br)cc(Br)cc1Br)(c1c(Br)cc(Br)cc1Br)c1c(Br)cc(Br)cc1Br. The number of carbonyl (C=O) groups is 1. The normalized spacial score (nSPS) is 12.1. The molecule has 0 radical (unpaired) electrons. The molecule has 0 bridgehead atoms. The minimum Gasteiger partial charge on any atom is -0.402 e. The summed E-state index contributed by atoms with van der Waals surface area (Å²) in [5.41, 5.74) is 0. The number of hydrogen-bond acceptors (Lipinski definition) is 2. The molecule has 0 saturated carbocycles. The number of carbonyl (C=O) groups excluding carboxylic acids is 1. The van der Waals surface area contributed by atoms with Crippen molar-refractivity contribution in [3.05, 3.63) is 76.7 Å². The van der Waals surface area contributed by atoms with Crippen LogP contribution in [0.3, 0.4) is 0 Å². The maximum absolute atomic E-state index is 12.7. The Labute approximate surface area is 263 Å². The van der Waals surface area contributed by atoms with E-state index in [4.69, 9.17) is 4.18 Å². The van der Waals surface area contributed by atoms with Crippen molar-refractivity contribution in [2.24, 2.45) is 0 Å². The third-order valence-electron chi connectivity index (χ3n) is 3.99. The van der Waals surface area contributed by atoms with E-state index in [1.165, 1.54) is 6.92 Å². The van der Waals surface area contributed by atoms with Crippen LogP contribution in [0.4, 0.5) is 0 Å². The highest BCUT2D eigenvalue weighted by Gasteiger charge is 2.44. The van der Waals surface area contributed by atoms with E-state index >= 15 is 0 Å². The van der Waals surface area contributed by atoms with Crippen LogP contribution in [0.5, 0.6) is 0 Å². The first-order valence-electron chi connectivity index (χ1n) is 8.35. The van der Waals surface area contributed by atoms with Gasteiger partial charge in [-0.05, 0) is 132 Å². The second kappa shape index (κ2) is 11.5. The molecule has 170 valence electrons. The third kappa shape index (κ3) is 5.69. The van der Waals surface area contributed by atoms with Gasteiger partial charge in [-0.25, -0.2) is 0 Å². The molecule has 2 nitrogen and oxygen atoms in total. The van der Waals surface area contributed by atoms with Crippen LogP contribution in [0.2, 0.25) is 0 Å². The zero-order valence-electron chi connectivity index (χ0n) is 15.6. The second-order valence-corrected chi connectivity index (χ2v) is 16.6. The lowest BCUT2D eigenvalue weighted by molar-refractivity contribution is -0.131. The maximum Gasteiger partial charge on any atom is 0.313 e. The zero-order chi connectivity index (χ0) is 24.0. The van der Waals surface area contributed by atoms with Gasteiger partial charge in [0.1, 0.15) is 0 Å². The summed E-state index contributed by atoms with van der Waals surface area (Å²) in [7, 11) is -2.66. The summed E-state index contributed by atoms with van der Waals surface area (Å²) in [5, 5.41) is 0. The van der Waals surface area contributed by atoms with E-state index in [2.05, 4.69) is 143 Å². The second-order valence-electron chi connectivity index (χ2n) is 6.23. The topological polar surface area (TPSA) is 26.3 Å². The smallest absolute Gasteiger partial charge is 0.313 e. The lowest BCUT2D eigenvalue weighted by Gasteiger charge is -2.43. The van der Waals surface area contributed by atoms with Crippen molar-refractivity contribution >= 4 is 160 Å². The Bertz CT molecular complexity index is 1040. The highest BCUT2D eigenvalue weighted by molar-refractivity contribution is 9.12. The van der Waals surface area contributed by atoms with E-state index in [1.54, 1.807) is 0 Å². The van der Waals surface area contributed by atoms with Crippen molar-refractivity contribution in [1.82, 2.24) is 0 Å². The molecule has 0 atom stereocenters. The van der Waals surface area contributed by atoms with E-state index in [-0.39, 0.29) is 0 Å². The molecular weight excluding hydrogens is 1020 g/mol. The number of hydrogen-bond donors (Lipinski definition) is 0. The Hall–Kier alpha value is 1.80. The van der Waals surface area contributed by atoms with Crippen molar-refractivity contribution in [2.75, 3.05) is 0 Å². The zero-order valence-corrected chi connectivity index (χ0v) is 30.7. The van der Waals surface area contributed by atoms with E-state index < -0.39 is 16.3 Å². The predicted molar refractivity (Wildman–Crippen MR) is 163 cm³/mol. The number of benzene rings is 3. The Morgan fingerprint density at radius 1 is 0.562 bits per heavy atom. The van der Waals surface area contributed by atoms with Gasteiger partial charge in [0.25, 0.3) is 0 Å². The van der Waals surface area contributed by atoms with Crippen LogP contribution in [0.25, 0.3) is 0 Å². The molecule has 0 heterocycles. The van der Waals surface area contributed by atoms with Crippen LogP contribution in [-0.4, -0.2) is 5.97 Å². The summed E-state index contributed by atoms with van der Waals surface area (Å²) >= 11 is 33.1. The van der Waals surface area contributed by atoms with Crippen LogP contribution in [0.1, 0.15) is 6.92 Å². The van der Waals surface area contributed by atoms with Gasteiger partial charge in [-0.1, -0.05) is 47.8 Å². The first kappa shape index (κ1) is 28.4. The fourth-order valence-corrected chi connectivity index (χ4v) is 17.1. The van der Waals surface area contributed by atoms with Gasteiger partial charge < -0.3 is 4.18 Å². The van der Waals surface area contributed by atoms with E-state index in [1.807, 2.05) is 36.4 Å². The first-order chi connectivity index (χ1) is 14.9. The molecule has 3 rings (SSSR count). The number of halogens is 9. The monoisotopic (exact) mass is 1020 g/mol. The van der Waals surface area contributed by atoms with Crippen LogP contribution in [0, 0.1) is 0 Å². The molecule has 0 aliphatic carbocycles. The lowest BCUT2D eigenvalue weighted by atomic mass is 10.3. The van der Waals surface area contributed by atoms with Crippen molar-refractivity contribution in [3.8, 4) is 0 Å². The standard InChI is InChI=1S/C20H9Br9O2S/c1-8(30)31-32(18-12(24)2-9(21)3-13(18)25,19-14(26)4-10(22)5-15(19)27)20-16(28)6-11(23)7-17(20)29/h2-7H,1H3. The Morgan fingerprint density at radius 2 is 0.781 bits per heavy atom. The molecular formula is C20H9Br9O2S. The van der Waals surface area contributed by atoms with E-state index in [0.29, 0.717) is 0 Å².